The molecule has 1 aliphatic rings. The number of rotatable bonds is 16. The van der Waals surface area contributed by atoms with Crippen LogP contribution in [0.15, 0.2) is 113 Å². The molecule has 0 saturated carbocycles. The second-order valence-corrected chi connectivity index (χ2v) is 14.6. The van der Waals surface area contributed by atoms with Gasteiger partial charge in [-0.15, -0.1) is 0 Å². The number of nitriles is 1. The molecule has 13 nitrogen and oxygen atoms in total. The van der Waals surface area contributed by atoms with Gasteiger partial charge in [0, 0.05) is 30.6 Å². The van der Waals surface area contributed by atoms with Crippen LogP contribution in [-0.2, 0) is 24.1 Å². The van der Waals surface area contributed by atoms with E-state index in [2.05, 4.69) is 16.0 Å². The van der Waals surface area contributed by atoms with E-state index >= 15 is 0 Å². The molecule has 54 heavy (non-hydrogen) atoms. The van der Waals surface area contributed by atoms with Crippen molar-refractivity contribution in [2.45, 2.75) is 63.8 Å². The molecule has 0 amide bonds. The van der Waals surface area contributed by atoms with Crippen LogP contribution in [0.3, 0.4) is 0 Å². The second kappa shape index (κ2) is 17.4. The number of nitrogens with zero attached hydrogens (tertiary/aromatic N) is 4. The summed E-state index contributed by atoms with van der Waals surface area (Å²) < 4.78 is 41.3. The molecule has 1 aliphatic heterocycles. The lowest BCUT2D eigenvalue weighted by molar-refractivity contribution is -0.0922. The molecule has 0 radical (unpaired) electrons. The average Bonchev–Trinajstić information content (AvgIpc) is 3.88. The average molecular weight is 754 g/mol. The van der Waals surface area contributed by atoms with Gasteiger partial charge >= 0.3 is 5.69 Å². The van der Waals surface area contributed by atoms with Gasteiger partial charge in [0.15, 0.2) is 0 Å². The first-order valence-electron chi connectivity index (χ1n) is 17.6. The Bertz CT molecular complexity index is 2070. The highest BCUT2D eigenvalue weighted by Gasteiger charge is 2.44. The van der Waals surface area contributed by atoms with Crippen molar-refractivity contribution < 1.29 is 28.0 Å². The Morgan fingerprint density at radius 3 is 2.17 bits per heavy atom. The number of aromatic nitrogens is 4. The molecule has 14 heteroatoms. The maximum Gasteiger partial charge on any atom is 0.330 e. The minimum Gasteiger partial charge on any atom is -0.497 e. The predicted octanol–water partition coefficient (Wildman–Crippen LogP) is 6.47. The topological polar surface area (TPSA) is 152 Å². The Hall–Kier alpha value is -5.09. The monoisotopic (exact) mass is 753 g/mol. The fourth-order valence-corrected chi connectivity index (χ4v) is 8.00. The summed E-state index contributed by atoms with van der Waals surface area (Å²) in [5.41, 5.74) is 0.658. The fourth-order valence-electron chi connectivity index (χ4n) is 6.41. The van der Waals surface area contributed by atoms with Gasteiger partial charge in [-0.1, -0.05) is 68.4 Å². The van der Waals surface area contributed by atoms with Gasteiger partial charge in [-0.05, 0) is 53.8 Å². The van der Waals surface area contributed by atoms with Crippen molar-refractivity contribution >= 4 is 8.53 Å². The van der Waals surface area contributed by atoms with E-state index < -0.39 is 49.9 Å². The number of hydrogen-bond acceptors (Lipinski definition) is 10. The van der Waals surface area contributed by atoms with Gasteiger partial charge in [0.25, 0.3) is 14.1 Å². The molecule has 2 unspecified atom stereocenters. The maximum absolute atomic E-state index is 13.1. The van der Waals surface area contributed by atoms with Crippen LogP contribution in [0.1, 0.15) is 55.2 Å². The van der Waals surface area contributed by atoms with Crippen molar-refractivity contribution in [1.82, 2.24) is 18.9 Å². The first-order valence-corrected chi connectivity index (χ1v) is 18.7. The Morgan fingerprint density at radius 1 is 0.981 bits per heavy atom. The van der Waals surface area contributed by atoms with Crippen LogP contribution in [0.4, 0.5) is 0 Å². The van der Waals surface area contributed by atoms with Crippen LogP contribution in [0.5, 0.6) is 11.5 Å². The zero-order valence-corrected chi connectivity index (χ0v) is 31.7. The SMILES string of the molecule is COc1ccc(C(OC[C@H]2O[C@@H](n3cc(C)c(=O)[nH]c3=O)C[C@@H]2OP(OC(CC#N)C(C)C)n2ccnc2)(c2ccccc2)c2ccc(OC)cc2)cc1. The zero-order valence-electron chi connectivity index (χ0n) is 30.8. The summed E-state index contributed by atoms with van der Waals surface area (Å²) in [6.07, 6.45) is 4.24. The van der Waals surface area contributed by atoms with E-state index in [4.69, 9.17) is 28.0 Å². The molecule has 5 atom stereocenters. The quantitative estimate of drug-likeness (QED) is 0.0877. The molecular weight excluding hydrogens is 709 g/mol. The van der Waals surface area contributed by atoms with Gasteiger partial charge in [0.05, 0.1) is 45.5 Å². The Morgan fingerprint density at radius 2 is 1.61 bits per heavy atom. The number of aryl methyl sites for hydroxylation is 1. The zero-order chi connectivity index (χ0) is 38.2. The summed E-state index contributed by atoms with van der Waals surface area (Å²) in [6.45, 7) is 5.61. The number of ether oxygens (including phenoxy) is 4. The van der Waals surface area contributed by atoms with Gasteiger partial charge < -0.3 is 28.0 Å². The molecule has 282 valence electrons. The smallest absolute Gasteiger partial charge is 0.330 e. The maximum atomic E-state index is 13.1. The van der Waals surface area contributed by atoms with E-state index in [1.807, 2.05) is 92.7 Å². The Balaban J connectivity index is 1.43. The van der Waals surface area contributed by atoms with Crippen LogP contribution in [-0.4, -0.2) is 58.0 Å². The minimum atomic E-state index is -1.83. The van der Waals surface area contributed by atoms with Crippen molar-refractivity contribution in [3.63, 3.8) is 0 Å². The van der Waals surface area contributed by atoms with Gasteiger partial charge in [-0.3, -0.25) is 18.7 Å². The fraction of sp³-hybridized carbons (Fsp3) is 0.350. The number of nitrogens with one attached hydrogen (secondary N) is 1. The van der Waals surface area contributed by atoms with Gasteiger partial charge in [-0.25, -0.2) is 9.78 Å². The predicted molar refractivity (Wildman–Crippen MR) is 202 cm³/mol. The molecular formula is C40H44N5O8P. The summed E-state index contributed by atoms with van der Waals surface area (Å²) in [7, 11) is 1.41. The number of hydrogen-bond donors (Lipinski definition) is 1. The third-order valence-corrected chi connectivity index (χ3v) is 11.0. The number of benzene rings is 3. The second-order valence-electron chi connectivity index (χ2n) is 13.2. The van der Waals surface area contributed by atoms with Crippen LogP contribution >= 0.6 is 8.53 Å². The lowest BCUT2D eigenvalue weighted by Gasteiger charge is -2.37. The Kier molecular flexibility index (Phi) is 12.4. The van der Waals surface area contributed by atoms with Crippen LogP contribution in [0, 0.1) is 24.2 Å². The summed E-state index contributed by atoms with van der Waals surface area (Å²) in [6, 6.07) is 27.6. The minimum absolute atomic E-state index is 0.00408. The van der Waals surface area contributed by atoms with Crippen LogP contribution in [0.2, 0.25) is 0 Å². The summed E-state index contributed by atoms with van der Waals surface area (Å²) in [4.78, 5) is 32.1. The third-order valence-electron chi connectivity index (χ3n) is 9.44. The molecule has 1 saturated heterocycles. The molecule has 0 bridgehead atoms. The first-order chi connectivity index (χ1) is 26.2. The van der Waals surface area contributed by atoms with E-state index in [-0.39, 0.29) is 25.4 Å². The number of aromatic amines is 1. The molecule has 3 heterocycles. The van der Waals surface area contributed by atoms with Gasteiger partial charge in [-0.2, -0.15) is 5.26 Å². The van der Waals surface area contributed by atoms with Gasteiger partial charge in [0.1, 0.15) is 35.8 Å². The van der Waals surface area contributed by atoms with E-state index in [0.29, 0.717) is 17.1 Å². The van der Waals surface area contributed by atoms with E-state index in [1.54, 1.807) is 44.2 Å². The molecule has 5 aromatic rings. The molecule has 0 aliphatic carbocycles. The van der Waals surface area contributed by atoms with E-state index in [1.165, 1.54) is 10.8 Å². The largest absolute Gasteiger partial charge is 0.497 e. The van der Waals surface area contributed by atoms with Crippen LogP contribution in [0.25, 0.3) is 0 Å². The number of imidazole rings is 1. The van der Waals surface area contributed by atoms with Crippen molar-refractivity contribution in [2.24, 2.45) is 5.92 Å². The summed E-state index contributed by atoms with van der Waals surface area (Å²) >= 11 is 0. The standard InChI is InChI=1S/C40H44N5O8P/c1-27(2)34(19-20-41)52-54(44-22-21-42-26-44)53-35-23-37(45-24-28(3)38(46)43-39(45)47)51-36(35)25-50-40(29-9-7-6-8-10-29,30-11-15-32(48-4)16-12-30)31-13-17-33(49-5)18-14-31/h6-18,21-22,24,26-27,34-37H,19,23,25H2,1-5H3,(H,43,46,47)/t34?,35-,36+,37+,54?/m0/s1. The third kappa shape index (κ3) is 8.34. The van der Waals surface area contributed by atoms with Crippen molar-refractivity contribution in [3.8, 4) is 17.6 Å². The Labute approximate surface area is 315 Å². The van der Waals surface area contributed by atoms with E-state index in [9.17, 15) is 14.9 Å². The molecule has 3 aromatic carbocycles. The van der Waals surface area contributed by atoms with Crippen molar-refractivity contribution in [3.05, 3.63) is 147 Å². The molecule has 0 spiro atoms. The number of H-pyrrole nitrogens is 1. The highest BCUT2D eigenvalue weighted by molar-refractivity contribution is 7.45. The summed E-state index contributed by atoms with van der Waals surface area (Å²) in [5.74, 6) is 1.41. The molecule has 1 fully saturated rings. The van der Waals surface area contributed by atoms with Crippen molar-refractivity contribution in [1.29, 1.82) is 5.26 Å². The lowest BCUT2D eigenvalue weighted by atomic mass is 9.80. The molecule has 1 N–H and O–H groups in total. The summed E-state index contributed by atoms with van der Waals surface area (Å²) in [5, 5.41) is 9.58. The number of methoxy groups -OCH3 is 2. The van der Waals surface area contributed by atoms with Gasteiger partial charge in [0.2, 0.25) is 0 Å². The first kappa shape index (κ1) is 38.6. The highest BCUT2D eigenvalue weighted by atomic mass is 31.2. The molecule has 2 aromatic heterocycles. The van der Waals surface area contributed by atoms with Crippen LogP contribution < -0.4 is 20.7 Å². The van der Waals surface area contributed by atoms with E-state index in [0.717, 1.165) is 16.7 Å². The highest BCUT2D eigenvalue weighted by Crippen LogP contribution is 2.49. The molecule has 6 rings (SSSR count). The van der Waals surface area contributed by atoms with Crippen molar-refractivity contribution in [2.75, 3.05) is 20.8 Å². The normalized spacial score (nSPS) is 18.3. The lowest BCUT2D eigenvalue weighted by Crippen LogP contribution is -2.38.